The second kappa shape index (κ2) is 5.42. The molecule has 1 unspecified atom stereocenters. The number of benzene rings is 1. The van der Waals surface area contributed by atoms with Crippen molar-refractivity contribution < 1.29 is 9.53 Å². The van der Waals surface area contributed by atoms with Crippen molar-refractivity contribution in [2.24, 2.45) is 12.8 Å². The molecule has 0 fully saturated rings. The van der Waals surface area contributed by atoms with Crippen LogP contribution in [0.4, 0.5) is 0 Å². The second-order valence-corrected chi connectivity index (χ2v) is 5.50. The maximum atomic E-state index is 12.6. The molecule has 0 radical (unpaired) electrons. The van der Waals surface area contributed by atoms with E-state index < -0.39 is 5.54 Å². The predicted molar refractivity (Wildman–Crippen MR) is 80.0 cm³/mol. The molecule has 0 saturated carbocycles. The van der Waals surface area contributed by atoms with Gasteiger partial charge >= 0.3 is 0 Å². The maximum Gasteiger partial charge on any atom is 0.245 e. The highest BCUT2D eigenvalue weighted by atomic mass is 16.5. The van der Waals surface area contributed by atoms with Crippen molar-refractivity contribution in [3.8, 4) is 5.75 Å². The fraction of sp³-hybridized carbons (Fsp3) is 0.400. The van der Waals surface area contributed by atoms with Gasteiger partial charge in [-0.2, -0.15) is 0 Å². The molecule has 0 spiro atoms. The molecule has 1 aromatic heterocycles. The van der Waals surface area contributed by atoms with Crippen molar-refractivity contribution in [2.45, 2.75) is 24.9 Å². The predicted octanol–water partition coefficient (Wildman–Crippen LogP) is 0.240. The third-order valence-corrected chi connectivity index (χ3v) is 4.22. The normalized spacial score (nSPS) is 19.8. The van der Waals surface area contributed by atoms with E-state index in [2.05, 4.69) is 15.5 Å². The van der Waals surface area contributed by atoms with E-state index in [9.17, 15) is 4.79 Å². The van der Waals surface area contributed by atoms with Gasteiger partial charge in [0.25, 0.3) is 0 Å². The van der Waals surface area contributed by atoms with E-state index in [0.717, 1.165) is 23.3 Å². The number of aromatic nitrogens is 3. The highest BCUT2D eigenvalue weighted by Gasteiger charge is 2.42. The van der Waals surface area contributed by atoms with E-state index in [1.807, 2.05) is 25.2 Å². The summed E-state index contributed by atoms with van der Waals surface area (Å²) in [6.45, 7) is 0.299. The van der Waals surface area contributed by atoms with Gasteiger partial charge in [0.15, 0.2) is 5.82 Å². The molecule has 1 aliphatic rings. The molecule has 7 heteroatoms. The van der Waals surface area contributed by atoms with E-state index in [-0.39, 0.29) is 5.91 Å². The van der Waals surface area contributed by atoms with Crippen LogP contribution in [0.1, 0.15) is 23.4 Å². The molecule has 116 valence electrons. The molecule has 1 aliphatic carbocycles. The maximum absolute atomic E-state index is 12.6. The first-order chi connectivity index (χ1) is 10.6. The Kier molecular flexibility index (Phi) is 3.58. The van der Waals surface area contributed by atoms with Crippen molar-refractivity contribution in [1.82, 2.24) is 20.1 Å². The van der Waals surface area contributed by atoms with Crippen molar-refractivity contribution in [3.05, 3.63) is 41.5 Å². The second-order valence-electron chi connectivity index (χ2n) is 5.50. The summed E-state index contributed by atoms with van der Waals surface area (Å²) in [5.41, 5.74) is 7.23. The van der Waals surface area contributed by atoms with E-state index >= 15 is 0 Å². The van der Waals surface area contributed by atoms with Crippen molar-refractivity contribution in [2.75, 3.05) is 7.11 Å². The summed E-state index contributed by atoms with van der Waals surface area (Å²) in [7, 11) is 3.45. The molecule has 7 nitrogen and oxygen atoms in total. The fourth-order valence-electron chi connectivity index (χ4n) is 2.91. The van der Waals surface area contributed by atoms with Gasteiger partial charge in [0.05, 0.1) is 13.7 Å². The molecule has 1 amide bonds. The Balaban J connectivity index is 1.81. The van der Waals surface area contributed by atoms with E-state index in [1.165, 1.54) is 0 Å². The van der Waals surface area contributed by atoms with Crippen LogP contribution in [0.2, 0.25) is 0 Å². The van der Waals surface area contributed by atoms with Gasteiger partial charge in [-0.1, -0.05) is 12.1 Å². The summed E-state index contributed by atoms with van der Waals surface area (Å²) < 4.78 is 7.11. The third-order valence-electron chi connectivity index (χ3n) is 4.22. The number of amides is 1. The van der Waals surface area contributed by atoms with Crippen molar-refractivity contribution >= 4 is 5.91 Å². The number of hydrogen-bond donors (Lipinski definition) is 2. The van der Waals surface area contributed by atoms with Crippen LogP contribution >= 0.6 is 0 Å². The minimum atomic E-state index is -1.03. The van der Waals surface area contributed by atoms with Gasteiger partial charge in [-0.3, -0.25) is 4.79 Å². The number of nitrogens with zero attached hydrogens (tertiary/aromatic N) is 3. The van der Waals surface area contributed by atoms with Crippen molar-refractivity contribution in [3.63, 3.8) is 0 Å². The van der Waals surface area contributed by atoms with Gasteiger partial charge in [-0.05, 0) is 30.0 Å². The van der Waals surface area contributed by atoms with Crippen LogP contribution in [-0.4, -0.2) is 27.8 Å². The van der Waals surface area contributed by atoms with Crippen LogP contribution in [0, 0.1) is 0 Å². The van der Waals surface area contributed by atoms with Gasteiger partial charge in [0, 0.05) is 7.05 Å². The van der Waals surface area contributed by atoms with Gasteiger partial charge < -0.3 is 20.4 Å². The lowest BCUT2D eigenvalue weighted by Crippen LogP contribution is -2.49. The monoisotopic (exact) mass is 301 g/mol. The lowest BCUT2D eigenvalue weighted by Gasteiger charge is -2.24. The quantitative estimate of drug-likeness (QED) is 0.843. The Morgan fingerprint density at radius 3 is 3.05 bits per heavy atom. The molecule has 22 heavy (non-hydrogen) atoms. The Morgan fingerprint density at radius 1 is 1.55 bits per heavy atom. The molecule has 1 aromatic carbocycles. The standard InChI is InChI=1S/C15H19N5O2/c1-20-9-18-19-13(20)8-17-14(21)15(16)7-6-10-11(15)4-3-5-12(10)22-2/h3-5,9H,6-8,16H2,1-2H3,(H,17,21). The molecule has 0 aliphatic heterocycles. The molecule has 0 saturated heterocycles. The SMILES string of the molecule is COc1cccc2c1CCC2(N)C(=O)NCc1nncn1C. The summed E-state index contributed by atoms with van der Waals surface area (Å²) in [6, 6.07) is 5.65. The summed E-state index contributed by atoms with van der Waals surface area (Å²) in [6.07, 6.45) is 2.88. The smallest absolute Gasteiger partial charge is 0.245 e. The summed E-state index contributed by atoms with van der Waals surface area (Å²) in [5.74, 6) is 1.26. The van der Waals surface area contributed by atoms with Crippen LogP contribution in [0.25, 0.3) is 0 Å². The molecule has 2 aromatic rings. The minimum Gasteiger partial charge on any atom is -0.496 e. The molecular weight excluding hydrogens is 282 g/mol. The molecule has 3 N–H and O–H groups in total. The van der Waals surface area contributed by atoms with Crippen LogP contribution in [0.15, 0.2) is 24.5 Å². The lowest BCUT2D eigenvalue weighted by molar-refractivity contribution is -0.126. The largest absolute Gasteiger partial charge is 0.496 e. The van der Waals surface area contributed by atoms with Crippen LogP contribution in [0.3, 0.4) is 0 Å². The average molecular weight is 301 g/mol. The highest BCUT2D eigenvalue weighted by molar-refractivity contribution is 5.89. The van der Waals surface area contributed by atoms with E-state index in [0.29, 0.717) is 18.8 Å². The third kappa shape index (κ3) is 2.23. The molecule has 0 bridgehead atoms. The summed E-state index contributed by atoms with van der Waals surface area (Å²) in [5, 5.41) is 10.6. The zero-order valence-electron chi connectivity index (χ0n) is 12.7. The zero-order chi connectivity index (χ0) is 15.7. The first-order valence-electron chi connectivity index (χ1n) is 7.12. The number of carbonyl (C=O) groups is 1. The highest BCUT2D eigenvalue weighted by Crippen LogP contribution is 2.39. The van der Waals surface area contributed by atoms with Crippen LogP contribution in [-0.2, 0) is 30.3 Å². The van der Waals surface area contributed by atoms with E-state index in [1.54, 1.807) is 18.0 Å². The first kappa shape index (κ1) is 14.5. The summed E-state index contributed by atoms with van der Waals surface area (Å²) >= 11 is 0. The molecular formula is C15H19N5O2. The van der Waals surface area contributed by atoms with Crippen LogP contribution < -0.4 is 15.8 Å². The van der Waals surface area contributed by atoms with Gasteiger partial charge in [0.2, 0.25) is 5.91 Å². The Labute approximate surface area is 128 Å². The van der Waals surface area contributed by atoms with Crippen molar-refractivity contribution in [1.29, 1.82) is 0 Å². The Hall–Kier alpha value is -2.41. The number of fused-ring (bicyclic) bond motifs is 1. The topological polar surface area (TPSA) is 95.1 Å². The minimum absolute atomic E-state index is 0.206. The molecule has 1 heterocycles. The number of nitrogens with one attached hydrogen (secondary N) is 1. The molecule has 3 rings (SSSR count). The van der Waals surface area contributed by atoms with Gasteiger partial charge in [-0.25, -0.2) is 0 Å². The number of aryl methyl sites for hydroxylation is 1. The first-order valence-corrected chi connectivity index (χ1v) is 7.12. The van der Waals surface area contributed by atoms with Crippen LogP contribution in [0.5, 0.6) is 5.75 Å². The fourth-order valence-corrected chi connectivity index (χ4v) is 2.91. The molecule has 1 atom stereocenters. The zero-order valence-corrected chi connectivity index (χ0v) is 12.7. The van der Waals surface area contributed by atoms with Gasteiger partial charge in [-0.15, -0.1) is 10.2 Å². The number of methoxy groups -OCH3 is 1. The number of nitrogens with two attached hydrogens (primary N) is 1. The average Bonchev–Trinajstić information content (AvgIpc) is 3.09. The summed E-state index contributed by atoms with van der Waals surface area (Å²) in [4.78, 5) is 12.6. The number of carbonyl (C=O) groups excluding carboxylic acids is 1. The Morgan fingerprint density at radius 2 is 2.36 bits per heavy atom. The number of hydrogen-bond acceptors (Lipinski definition) is 5. The van der Waals surface area contributed by atoms with E-state index in [4.69, 9.17) is 10.5 Å². The van der Waals surface area contributed by atoms with Gasteiger partial charge in [0.1, 0.15) is 17.6 Å². The number of rotatable bonds is 4. The number of ether oxygens (including phenoxy) is 1. The Bertz CT molecular complexity index is 712. The lowest BCUT2D eigenvalue weighted by atomic mass is 9.92.